The number of rotatable bonds is 5. The molecule has 0 unspecified atom stereocenters. The van der Waals surface area contributed by atoms with Gasteiger partial charge in [-0.3, -0.25) is 14.3 Å². The van der Waals surface area contributed by atoms with Crippen molar-refractivity contribution in [3.8, 4) is 22.6 Å². The van der Waals surface area contributed by atoms with Crippen LogP contribution >= 0.6 is 0 Å². The standard InChI is InChI=1S/C25H22N8O2/c1-27-17-6-3-14(4-7-17)24(34)31-23-22(26)29-21(19-10-12-33(2)32-19)20(30-23)16-5-8-18-15(13-16)9-11-28-25(18)35/h3-13,27H,1-2H3,(H2,26,29)(H,28,35)(H,30,31,34). The van der Waals surface area contributed by atoms with E-state index >= 15 is 0 Å². The Kier molecular flexibility index (Phi) is 5.46. The number of pyridine rings is 1. The Bertz CT molecular complexity index is 1620. The largest absolute Gasteiger partial charge is 0.388 e. The third kappa shape index (κ3) is 4.20. The molecule has 0 bridgehead atoms. The van der Waals surface area contributed by atoms with Crippen molar-refractivity contribution >= 4 is 34.0 Å². The van der Waals surface area contributed by atoms with E-state index in [9.17, 15) is 9.59 Å². The molecule has 5 aromatic rings. The molecule has 3 aromatic heterocycles. The fourth-order valence-electron chi connectivity index (χ4n) is 3.77. The number of carbonyl (C=O) groups excluding carboxylic acids is 1. The van der Waals surface area contributed by atoms with Gasteiger partial charge in [0.2, 0.25) is 0 Å². The number of anilines is 3. The highest BCUT2D eigenvalue weighted by Crippen LogP contribution is 2.33. The van der Waals surface area contributed by atoms with Gasteiger partial charge in [-0.1, -0.05) is 6.07 Å². The van der Waals surface area contributed by atoms with E-state index in [1.165, 1.54) is 0 Å². The number of nitrogens with zero attached hydrogens (tertiary/aromatic N) is 4. The molecule has 0 saturated heterocycles. The first kappa shape index (κ1) is 21.8. The summed E-state index contributed by atoms with van der Waals surface area (Å²) >= 11 is 0. The van der Waals surface area contributed by atoms with E-state index in [4.69, 9.17) is 5.73 Å². The SMILES string of the molecule is CNc1ccc(C(=O)Nc2nc(-c3ccc4c(=O)[nH]ccc4c3)c(-c3ccn(C)n3)nc2N)cc1. The number of hydrogen-bond acceptors (Lipinski definition) is 7. The van der Waals surface area contributed by atoms with E-state index in [1.54, 1.807) is 73.6 Å². The summed E-state index contributed by atoms with van der Waals surface area (Å²) in [4.78, 5) is 36.9. The zero-order chi connectivity index (χ0) is 24.5. The van der Waals surface area contributed by atoms with Crippen LogP contribution in [0.15, 0.2) is 71.8 Å². The Morgan fingerprint density at radius 3 is 2.54 bits per heavy atom. The van der Waals surface area contributed by atoms with Gasteiger partial charge >= 0.3 is 0 Å². The number of carbonyl (C=O) groups is 1. The second-order valence-electron chi connectivity index (χ2n) is 7.92. The highest BCUT2D eigenvalue weighted by atomic mass is 16.1. The number of amides is 1. The van der Waals surface area contributed by atoms with Crippen LogP contribution in [-0.4, -0.2) is 37.7 Å². The lowest BCUT2D eigenvalue weighted by atomic mass is 10.0. The Morgan fingerprint density at radius 2 is 1.83 bits per heavy atom. The number of hydrogen-bond donors (Lipinski definition) is 4. The van der Waals surface area contributed by atoms with E-state index in [-0.39, 0.29) is 23.1 Å². The topological polar surface area (TPSA) is 144 Å². The molecule has 0 atom stereocenters. The normalized spacial score (nSPS) is 10.9. The van der Waals surface area contributed by atoms with Crippen molar-refractivity contribution in [2.75, 3.05) is 23.4 Å². The van der Waals surface area contributed by atoms with E-state index in [1.807, 2.05) is 12.1 Å². The van der Waals surface area contributed by atoms with Crippen LogP contribution in [0.5, 0.6) is 0 Å². The van der Waals surface area contributed by atoms with Crippen LogP contribution in [0.25, 0.3) is 33.4 Å². The molecule has 0 fully saturated rings. The van der Waals surface area contributed by atoms with Crippen molar-refractivity contribution in [2.45, 2.75) is 0 Å². The van der Waals surface area contributed by atoms with Crippen LogP contribution in [-0.2, 0) is 7.05 Å². The fourth-order valence-corrected chi connectivity index (χ4v) is 3.77. The molecular weight excluding hydrogens is 444 g/mol. The highest BCUT2D eigenvalue weighted by Gasteiger charge is 2.19. The third-order valence-corrected chi connectivity index (χ3v) is 5.59. The van der Waals surface area contributed by atoms with Gasteiger partial charge in [0, 0.05) is 48.7 Å². The Morgan fingerprint density at radius 1 is 1.03 bits per heavy atom. The van der Waals surface area contributed by atoms with E-state index in [0.29, 0.717) is 33.6 Å². The minimum Gasteiger partial charge on any atom is -0.388 e. The molecule has 10 heteroatoms. The van der Waals surface area contributed by atoms with Crippen LogP contribution in [0.2, 0.25) is 0 Å². The molecule has 35 heavy (non-hydrogen) atoms. The molecule has 0 spiro atoms. The number of nitrogens with two attached hydrogens (primary N) is 1. The average Bonchev–Trinajstić information content (AvgIpc) is 3.31. The lowest BCUT2D eigenvalue weighted by Crippen LogP contribution is -2.16. The summed E-state index contributed by atoms with van der Waals surface area (Å²) < 4.78 is 1.65. The van der Waals surface area contributed by atoms with Gasteiger partial charge in [-0.15, -0.1) is 0 Å². The van der Waals surface area contributed by atoms with Crippen LogP contribution in [0.1, 0.15) is 10.4 Å². The Hall–Kier alpha value is -4.99. The quantitative estimate of drug-likeness (QED) is 0.311. The molecule has 0 aliphatic heterocycles. The lowest BCUT2D eigenvalue weighted by molar-refractivity contribution is 0.102. The lowest BCUT2D eigenvalue weighted by Gasteiger charge is -2.13. The molecule has 0 aliphatic rings. The first-order chi connectivity index (χ1) is 16.9. The third-order valence-electron chi connectivity index (χ3n) is 5.59. The maximum absolute atomic E-state index is 12.9. The first-order valence-corrected chi connectivity index (χ1v) is 10.8. The fraction of sp³-hybridized carbons (Fsp3) is 0.0800. The van der Waals surface area contributed by atoms with Gasteiger partial charge in [-0.25, -0.2) is 9.97 Å². The number of nitrogens with one attached hydrogen (secondary N) is 3. The van der Waals surface area contributed by atoms with Gasteiger partial charge in [0.15, 0.2) is 11.6 Å². The second-order valence-corrected chi connectivity index (χ2v) is 7.92. The van der Waals surface area contributed by atoms with Gasteiger partial charge in [0.05, 0.1) is 0 Å². The zero-order valence-corrected chi connectivity index (χ0v) is 19.0. The minimum atomic E-state index is -0.366. The van der Waals surface area contributed by atoms with Gasteiger partial charge in [0.25, 0.3) is 11.5 Å². The second kappa shape index (κ2) is 8.75. The van der Waals surface area contributed by atoms with Crippen LogP contribution in [0, 0.1) is 0 Å². The summed E-state index contributed by atoms with van der Waals surface area (Å²) in [7, 11) is 3.61. The Labute approximate surface area is 199 Å². The molecule has 0 saturated carbocycles. The molecule has 0 aliphatic carbocycles. The minimum absolute atomic E-state index is 0.0619. The molecule has 1 amide bonds. The number of benzene rings is 2. The summed E-state index contributed by atoms with van der Waals surface area (Å²) in [5.74, 6) is -0.171. The van der Waals surface area contributed by atoms with Crippen molar-refractivity contribution in [1.82, 2.24) is 24.7 Å². The van der Waals surface area contributed by atoms with E-state index in [0.717, 1.165) is 11.1 Å². The van der Waals surface area contributed by atoms with Crippen molar-refractivity contribution in [2.24, 2.45) is 7.05 Å². The summed E-state index contributed by atoms with van der Waals surface area (Å²) in [5.41, 5.74) is 9.58. The summed E-state index contributed by atoms with van der Waals surface area (Å²) in [6.07, 6.45) is 3.38. The number of aryl methyl sites for hydroxylation is 1. The van der Waals surface area contributed by atoms with Crippen LogP contribution < -0.4 is 21.9 Å². The predicted octanol–water partition coefficient (Wildman–Crippen LogP) is 3.26. The Balaban J connectivity index is 1.61. The van der Waals surface area contributed by atoms with Crippen molar-refractivity contribution < 1.29 is 4.79 Å². The average molecular weight is 467 g/mol. The molecule has 2 aromatic carbocycles. The number of aromatic amines is 1. The maximum Gasteiger partial charge on any atom is 0.256 e. The van der Waals surface area contributed by atoms with Crippen molar-refractivity contribution in [3.63, 3.8) is 0 Å². The molecule has 5 N–H and O–H groups in total. The highest BCUT2D eigenvalue weighted by molar-refractivity contribution is 6.05. The molecular formula is C25H22N8O2. The van der Waals surface area contributed by atoms with Crippen LogP contribution in [0.3, 0.4) is 0 Å². The predicted molar refractivity (Wildman–Crippen MR) is 136 cm³/mol. The monoisotopic (exact) mass is 466 g/mol. The number of H-pyrrole nitrogens is 1. The summed E-state index contributed by atoms with van der Waals surface area (Å²) in [5, 5.41) is 11.5. The number of nitrogen functional groups attached to an aromatic ring is 1. The maximum atomic E-state index is 12.9. The molecule has 174 valence electrons. The van der Waals surface area contributed by atoms with Crippen molar-refractivity contribution in [3.05, 3.63) is 82.9 Å². The van der Waals surface area contributed by atoms with Gasteiger partial charge < -0.3 is 21.4 Å². The van der Waals surface area contributed by atoms with Crippen LogP contribution in [0.4, 0.5) is 17.3 Å². The molecule has 5 rings (SSSR count). The van der Waals surface area contributed by atoms with Gasteiger partial charge in [-0.05, 0) is 53.9 Å². The van der Waals surface area contributed by atoms with Crippen molar-refractivity contribution in [1.29, 1.82) is 0 Å². The van der Waals surface area contributed by atoms with Gasteiger partial charge in [-0.2, -0.15) is 5.10 Å². The van der Waals surface area contributed by atoms with E-state index in [2.05, 4.69) is 30.7 Å². The number of aromatic nitrogens is 5. The molecule has 3 heterocycles. The first-order valence-electron chi connectivity index (χ1n) is 10.8. The zero-order valence-electron chi connectivity index (χ0n) is 19.0. The summed E-state index contributed by atoms with van der Waals surface area (Å²) in [6, 6.07) is 16.0. The smallest absolute Gasteiger partial charge is 0.256 e. The molecule has 10 nitrogen and oxygen atoms in total. The van der Waals surface area contributed by atoms with Gasteiger partial charge in [0.1, 0.15) is 17.1 Å². The van der Waals surface area contributed by atoms with E-state index < -0.39 is 0 Å². The summed E-state index contributed by atoms with van der Waals surface area (Å²) in [6.45, 7) is 0. The number of fused-ring (bicyclic) bond motifs is 1. The molecule has 0 radical (unpaired) electrons.